The minimum Gasteiger partial charge on any atom is -0.486 e. The van der Waals surface area contributed by atoms with Crippen molar-refractivity contribution in [2.45, 2.75) is 6.61 Å². The highest BCUT2D eigenvalue weighted by molar-refractivity contribution is 5.73. The minimum absolute atomic E-state index is 0.0728. The molecule has 0 radical (unpaired) electrons. The zero-order chi connectivity index (χ0) is 16.8. The van der Waals surface area contributed by atoms with Gasteiger partial charge in [0.25, 0.3) is 0 Å². The predicted octanol–water partition coefficient (Wildman–Crippen LogP) is 1.01. The lowest BCUT2D eigenvalue weighted by atomic mass is 10.3. The van der Waals surface area contributed by atoms with Gasteiger partial charge in [0.05, 0.1) is 24.7 Å². The fourth-order valence-corrected chi connectivity index (χ4v) is 2.10. The molecule has 0 amide bonds. The highest BCUT2D eigenvalue weighted by Crippen LogP contribution is 2.29. The van der Waals surface area contributed by atoms with Gasteiger partial charge < -0.3 is 24.1 Å². The van der Waals surface area contributed by atoms with Crippen molar-refractivity contribution in [1.29, 1.82) is 0 Å². The average Bonchev–Trinajstić information content (AvgIpc) is 2.67. The van der Waals surface area contributed by atoms with Crippen molar-refractivity contribution in [2.75, 3.05) is 26.4 Å². The van der Waals surface area contributed by atoms with Gasteiger partial charge in [-0.15, -0.1) is 0 Å². The molecular weight excluding hydrogens is 316 g/mol. The van der Waals surface area contributed by atoms with Gasteiger partial charge in [0, 0.05) is 12.1 Å². The van der Waals surface area contributed by atoms with Crippen LogP contribution in [-0.4, -0.2) is 47.8 Å². The summed E-state index contributed by atoms with van der Waals surface area (Å²) in [6, 6.07) is 3.26. The Hall–Kier alpha value is -2.87. The summed E-state index contributed by atoms with van der Waals surface area (Å²) in [7, 11) is 0. The number of aliphatic hydroxyl groups excluding tert-OH is 1. The van der Waals surface area contributed by atoms with Gasteiger partial charge in [-0.1, -0.05) is 0 Å². The van der Waals surface area contributed by atoms with Crippen LogP contribution in [0.1, 0.15) is 16.2 Å². The first kappa shape index (κ1) is 16.0. The molecule has 0 unspecified atom stereocenters. The van der Waals surface area contributed by atoms with E-state index in [1.165, 1.54) is 6.20 Å². The third-order valence-corrected chi connectivity index (χ3v) is 3.22. The monoisotopic (exact) mass is 332 g/mol. The van der Waals surface area contributed by atoms with Gasteiger partial charge in [0.1, 0.15) is 32.1 Å². The molecule has 0 fully saturated rings. The number of carbonyl (C=O) groups is 1. The zero-order valence-corrected chi connectivity index (χ0v) is 12.8. The third-order valence-electron chi connectivity index (χ3n) is 3.22. The molecular formula is C16H16N2O6. The lowest BCUT2D eigenvalue weighted by Crippen LogP contribution is -2.15. The zero-order valence-electron chi connectivity index (χ0n) is 12.8. The van der Waals surface area contributed by atoms with Gasteiger partial charge in [0.15, 0.2) is 29.3 Å². The first-order chi connectivity index (χ1) is 11.8. The van der Waals surface area contributed by atoms with Crippen molar-refractivity contribution in [3.05, 3.63) is 35.9 Å². The molecule has 0 saturated carbocycles. The quantitative estimate of drug-likeness (QED) is 0.813. The summed E-state index contributed by atoms with van der Waals surface area (Å²) in [5.74, 6) is 2.52. The van der Waals surface area contributed by atoms with Crippen LogP contribution in [0.5, 0.6) is 23.0 Å². The SMILES string of the molecule is O=Cc1cc2c(cn1)OCCO2.OCc1cc2c(cn1)OCCO2. The Morgan fingerprint density at radius 2 is 1.42 bits per heavy atom. The maximum absolute atomic E-state index is 10.3. The molecule has 8 nitrogen and oxygen atoms in total. The number of carbonyl (C=O) groups excluding carboxylic acids is 1. The second-order valence-electron chi connectivity index (χ2n) is 4.85. The fourth-order valence-electron chi connectivity index (χ4n) is 2.10. The largest absolute Gasteiger partial charge is 0.486 e. The highest BCUT2D eigenvalue weighted by Gasteiger charge is 2.12. The van der Waals surface area contributed by atoms with Gasteiger partial charge in [-0.05, 0) is 0 Å². The van der Waals surface area contributed by atoms with Crippen LogP contribution in [0.2, 0.25) is 0 Å². The lowest BCUT2D eigenvalue weighted by Gasteiger charge is -2.17. The summed E-state index contributed by atoms with van der Waals surface area (Å²) in [6.07, 6.45) is 3.75. The van der Waals surface area contributed by atoms with E-state index in [1.54, 1.807) is 18.3 Å². The summed E-state index contributed by atoms with van der Waals surface area (Å²) < 4.78 is 21.0. The van der Waals surface area contributed by atoms with Gasteiger partial charge in [-0.2, -0.15) is 0 Å². The van der Waals surface area contributed by atoms with Gasteiger partial charge in [-0.25, -0.2) is 4.98 Å². The van der Waals surface area contributed by atoms with E-state index in [0.29, 0.717) is 67.1 Å². The van der Waals surface area contributed by atoms with Crippen LogP contribution in [0.3, 0.4) is 0 Å². The summed E-state index contributed by atoms with van der Waals surface area (Å²) >= 11 is 0. The Morgan fingerprint density at radius 3 is 2.00 bits per heavy atom. The second-order valence-corrected chi connectivity index (χ2v) is 4.85. The summed E-state index contributed by atoms with van der Waals surface area (Å²) in [5.41, 5.74) is 0.957. The van der Waals surface area contributed by atoms with E-state index in [-0.39, 0.29) is 6.61 Å². The molecule has 0 bridgehead atoms. The Labute approximate surface area is 138 Å². The van der Waals surface area contributed by atoms with Crippen molar-refractivity contribution in [3.8, 4) is 23.0 Å². The maximum Gasteiger partial charge on any atom is 0.179 e. The molecule has 24 heavy (non-hydrogen) atoms. The first-order valence-electron chi connectivity index (χ1n) is 7.36. The number of aliphatic hydroxyl groups is 1. The lowest BCUT2D eigenvalue weighted by molar-refractivity contribution is 0.111. The van der Waals surface area contributed by atoms with Crippen molar-refractivity contribution >= 4 is 6.29 Å². The van der Waals surface area contributed by atoms with Crippen LogP contribution in [0, 0.1) is 0 Å². The first-order valence-corrected chi connectivity index (χ1v) is 7.36. The number of rotatable bonds is 2. The standard InChI is InChI=1S/C8H9NO3.C8H7NO3/c2*10-5-6-3-7-8(4-9-6)12-2-1-11-7/h3-4,10H,1-2,5H2;3-5H,1-2H2. The molecule has 2 aliphatic rings. The minimum atomic E-state index is -0.0728. The van der Waals surface area contributed by atoms with E-state index in [0.717, 1.165) is 0 Å². The molecule has 2 aromatic rings. The molecule has 0 saturated heterocycles. The Balaban J connectivity index is 0.000000141. The van der Waals surface area contributed by atoms with Crippen LogP contribution >= 0.6 is 0 Å². The van der Waals surface area contributed by atoms with E-state index >= 15 is 0 Å². The van der Waals surface area contributed by atoms with Gasteiger partial charge in [0.2, 0.25) is 0 Å². The number of pyridine rings is 2. The summed E-state index contributed by atoms with van der Waals surface area (Å²) in [5, 5.41) is 8.78. The van der Waals surface area contributed by atoms with Crippen LogP contribution in [0.15, 0.2) is 24.5 Å². The van der Waals surface area contributed by atoms with Crippen molar-refractivity contribution < 1.29 is 28.8 Å². The topological polar surface area (TPSA) is 100 Å². The number of nitrogens with zero attached hydrogens (tertiary/aromatic N) is 2. The molecule has 0 spiro atoms. The van der Waals surface area contributed by atoms with Crippen molar-refractivity contribution in [3.63, 3.8) is 0 Å². The Kier molecular flexibility index (Phi) is 5.07. The molecule has 0 aliphatic carbocycles. The number of aromatic nitrogens is 2. The van der Waals surface area contributed by atoms with Crippen molar-refractivity contribution in [1.82, 2.24) is 9.97 Å². The number of hydrogen-bond donors (Lipinski definition) is 1. The molecule has 0 atom stereocenters. The molecule has 2 aliphatic heterocycles. The van der Waals surface area contributed by atoms with Crippen LogP contribution in [0.4, 0.5) is 0 Å². The molecule has 2 aromatic heterocycles. The molecule has 126 valence electrons. The third kappa shape index (κ3) is 3.72. The molecule has 1 N–H and O–H groups in total. The van der Waals surface area contributed by atoms with Gasteiger partial charge in [-0.3, -0.25) is 9.78 Å². The molecule has 0 aromatic carbocycles. The molecule has 4 heterocycles. The van der Waals surface area contributed by atoms with E-state index in [9.17, 15) is 4.79 Å². The van der Waals surface area contributed by atoms with Gasteiger partial charge >= 0.3 is 0 Å². The summed E-state index contributed by atoms with van der Waals surface area (Å²) in [4.78, 5) is 18.1. The number of hydrogen-bond acceptors (Lipinski definition) is 8. The molecule has 8 heteroatoms. The molecule has 4 rings (SSSR count). The average molecular weight is 332 g/mol. The van der Waals surface area contributed by atoms with E-state index in [2.05, 4.69) is 9.97 Å². The van der Waals surface area contributed by atoms with Crippen LogP contribution < -0.4 is 18.9 Å². The highest BCUT2D eigenvalue weighted by atomic mass is 16.6. The number of aldehydes is 1. The van der Waals surface area contributed by atoms with E-state index in [4.69, 9.17) is 24.1 Å². The number of ether oxygens (including phenoxy) is 4. The fraction of sp³-hybridized carbons (Fsp3) is 0.312. The Morgan fingerprint density at radius 1 is 0.875 bits per heavy atom. The van der Waals surface area contributed by atoms with E-state index in [1.807, 2.05) is 0 Å². The van der Waals surface area contributed by atoms with E-state index < -0.39 is 0 Å². The predicted molar refractivity (Wildman–Crippen MR) is 81.8 cm³/mol. The van der Waals surface area contributed by atoms with Crippen LogP contribution in [0.25, 0.3) is 0 Å². The van der Waals surface area contributed by atoms with Crippen LogP contribution in [-0.2, 0) is 6.61 Å². The normalized spacial score (nSPS) is 14.2. The maximum atomic E-state index is 10.3. The second kappa shape index (κ2) is 7.60. The smallest absolute Gasteiger partial charge is 0.179 e. The Bertz CT molecular complexity index is 722. The number of fused-ring (bicyclic) bond motifs is 2. The summed E-state index contributed by atoms with van der Waals surface area (Å²) in [6.45, 7) is 2.11. The van der Waals surface area contributed by atoms with Crippen molar-refractivity contribution in [2.24, 2.45) is 0 Å².